The molecule has 1 aromatic heterocycles. The number of hydrogen-bond donors (Lipinski definition) is 1. The predicted molar refractivity (Wildman–Crippen MR) is 126 cm³/mol. The lowest BCUT2D eigenvalue weighted by Crippen LogP contribution is -2.24. The molecule has 3 aromatic rings. The summed E-state index contributed by atoms with van der Waals surface area (Å²) >= 11 is 0. The Kier molecular flexibility index (Phi) is 5.80. The summed E-state index contributed by atoms with van der Waals surface area (Å²) in [7, 11) is 1.43. The van der Waals surface area contributed by atoms with Crippen molar-refractivity contribution in [2.75, 3.05) is 25.6 Å². The van der Waals surface area contributed by atoms with Crippen LogP contribution in [0.2, 0.25) is 0 Å². The number of anilines is 1. The van der Waals surface area contributed by atoms with Gasteiger partial charge in [-0.1, -0.05) is 43.7 Å². The van der Waals surface area contributed by atoms with Crippen LogP contribution in [0.25, 0.3) is 22.0 Å². The van der Waals surface area contributed by atoms with E-state index < -0.39 is 6.10 Å². The highest BCUT2D eigenvalue weighted by molar-refractivity contribution is 6.07. The second-order valence-electron chi connectivity index (χ2n) is 8.91. The summed E-state index contributed by atoms with van der Waals surface area (Å²) in [6.07, 6.45) is -0.781. The minimum absolute atomic E-state index is 0.304. The number of rotatable bonds is 6. The molecule has 2 heterocycles. The summed E-state index contributed by atoms with van der Waals surface area (Å²) in [6, 6.07) is 10.7. The van der Waals surface area contributed by atoms with Crippen molar-refractivity contribution in [1.82, 2.24) is 4.57 Å². The van der Waals surface area contributed by atoms with Gasteiger partial charge in [-0.05, 0) is 49.4 Å². The summed E-state index contributed by atoms with van der Waals surface area (Å²) in [5.74, 6) is -0.0607. The van der Waals surface area contributed by atoms with Gasteiger partial charge in [-0.25, -0.2) is 4.79 Å². The fourth-order valence-electron chi connectivity index (χ4n) is 4.60. The maximum atomic E-state index is 13.0. The minimum Gasteiger partial charge on any atom is -0.467 e. The van der Waals surface area contributed by atoms with Crippen LogP contribution in [0.15, 0.2) is 30.3 Å². The van der Waals surface area contributed by atoms with E-state index in [9.17, 15) is 4.79 Å². The first kappa shape index (κ1) is 21.4. The molecule has 0 amide bonds. The molecule has 5 nitrogen and oxygen atoms in total. The Labute approximate surface area is 184 Å². The van der Waals surface area contributed by atoms with E-state index in [-0.39, 0.29) is 5.97 Å². The molecule has 0 saturated carbocycles. The molecule has 0 bridgehead atoms. The highest BCUT2D eigenvalue weighted by Gasteiger charge is 2.32. The molecular weight excluding hydrogens is 388 g/mol. The number of benzene rings is 2. The van der Waals surface area contributed by atoms with E-state index in [1.807, 2.05) is 0 Å². The molecule has 1 aliphatic heterocycles. The van der Waals surface area contributed by atoms with E-state index in [4.69, 9.17) is 9.47 Å². The van der Waals surface area contributed by atoms with Gasteiger partial charge in [-0.15, -0.1) is 0 Å². The molecule has 0 spiro atoms. The summed E-state index contributed by atoms with van der Waals surface area (Å²) < 4.78 is 13.8. The lowest BCUT2D eigenvalue weighted by molar-refractivity contribution is -0.155. The first-order chi connectivity index (χ1) is 14.8. The standard InChI is InChI=1S/C26H32N2O3/c1-15(2)14-31-25(26(29)30-6)21-18(5)23-24-20(13-17(4)28(24)12-11-27-23)22(21)19-9-7-16(3)8-10-19/h7-10,13,15,25,27H,11-12,14H2,1-6H3/t25-/m0/s1. The monoisotopic (exact) mass is 420 g/mol. The van der Waals surface area contributed by atoms with E-state index >= 15 is 0 Å². The van der Waals surface area contributed by atoms with Crippen LogP contribution in [0.3, 0.4) is 0 Å². The maximum Gasteiger partial charge on any atom is 0.339 e. The first-order valence-corrected chi connectivity index (χ1v) is 11.0. The molecule has 0 unspecified atom stereocenters. The van der Waals surface area contributed by atoms with E-state index in [0.717, 1.165) is 46.4 Å². The summed E-state index contributed by atoms with van der Waals surface area (Å²) in [5.41, 5.74) is 8.79. The zero-order chi connectivity index (χ0) is 22.3. The number of esters is 1. The number of aromatic nitrogens is 1. The van der Waals surface area contributed by atoms with Crippen molar-refractivity contribution in [2.45, 2.75) is 47.3 Å². The van der Waals surface area contributed by atoms with Gasteiger partial charge in [0.25, 0.3) is 0 Å². The molecule has 0 saturated heterocycles. The molecular formula is C26H32N2O3. The van der Waals surface area contributed by atoms with Crippen molar-refractivity contribution >= 4 is 22.6 Å². The van der Waals surface area contributed by atoms with Crippen molar-refractivity contribution in [3.63, 3.8) is 0 Å². The topological polar surface area (TPSA) is 52.5 Å². The van der Waals surface area contributed by atoms with Crippen molar-refractivity contribution in [2.24, 2.45) is 5.92 Å². The molecule has 1 aliphatic rings. The van der Waals surface area contributed by atoms with Crippen molar-refractivity contribution in [3.05, 3.63) is 52.7 Å². The van der Waals surface area contributed by atoms with Gasteiger partial charge in [0.15, 0.2) is 6.10 Å². The van der Waals surface area contributed by atoms with E-state index in [1.54, 1.807) is 0 Å². The third kappa shape index (κ3) is 3.72. The third-order valence-electron chi connectivity index (χ3n) is 6.11. The van der Waals surface area contributed by atoms with Crippen LogP contribution >= 0.6 is 0 Å². The van der Waals surface area contributed by atoms with Gasteiger partial charge in [0.05, 0.1) is 24.9 Å². The Morgan fingerprint density at radius 3 is 2.52 bits per heavy atom. The van der Waals surface area contributed by atoms with Gasteiger partial charge < -0.3 is 19.4 Å². The molecule has 4 rings (SSSR count). The fourth-order valence-corrected chi connectivity index (χ4v) is 4.60. The highest BCUT2D eigenvalue weighted by atomic mass is 16.6. The number of hydrogen-bond acceptors (Lipinski definition) is 4. The quantitative estimate of drug-likeness (QED) is 0.532. The Bertz CT molecular complexity index is 1130. The van der Waals surface area contributed by atoms with Crippen LogP contribution in [-0.2, 0) is 20.8 Å². The summed E-state index contributed by atoms with van der Waals surface area (Å²) in [6.45, 7) is 12.8. The zero-order valence-electron chi connectivity index (χ0n) is 19.3. The average Bonchev–Trinajstić information content (AvgIpc) is 3.09. The van der Waals surface area contributed by atoms with Gasteiger partial charge in [-0.3, -0.25) is 0 Å². The van der Waals surface area contributed by atoms with Crippen molar-refractivity contribution < 1.29 is 14.3 Å². The molecule has 31 heavy (non-hydrogen) atoms. The SMILES string of the molecule is COC(=O)[C@@H](OCC(C)C)c1c(C)c2c3c(cc(C)n3CCN2)c1-c1ccc(C)cc1. The number of carbonyl (C=O) groups excluding carboxylic acids is 1. The van der Waals surface area contributed by atoms with Crippen LogP contribution in [-0.4, -0.2) is 30.8 Å². The Morgan fingerprint density at radius 1 is 1.16 bits per heavy atom. The molecule has 1 atom stereocenters. The molecule has 1 N–H and O–H groups in total. The molecule has 5 heteroatoms. The lowest BCUT2D eigenvalue weighted by atomic mass is 9.87. The number of ether oxygens (including phenoxy) is 2. The van der Waals surface area contributed by atoms with Gasteiger partial charge in [0.1, 0.15) is 0 Å². The largest absolute Gasteiger partial charge is 0.467 e. The minimum atomic E-state index is -0.781. The average molecular weight is 421 g/mol. The van der Waals surface area contributed by atoms with Crippen LogP contribution < -0.4 is 5.32 Å². The Morgan fingerprint density at radius 2 is 1.87 bits per heavy atom. The van der Waals surface area contributed by atoms with E-state index in [2.05, 4.69) is 74.8 Å². The highest BCUT2D eigenvalue weighted by Crippen LogP contribution is 2.46. The smallest absolute Gasteiger partial charge is 0.339 e. The number of aryl methyl sites for hydroxylation is 2. The molecule has 0 radical (unpaired) electrons. The lowest BCUT2D eigenvalue weighted by Gasteiger charge is -2.28. The van der Waals surface area contributed by atoms with E-state index in [0.29, 0.717) is 12.5 Å². The molecule has 164 valence electrons. The van der Waals surface area contributed by atoms with Crippen LogP contribution in [0, 0.1) is 26.7 Å². The molecule has 2 aromatic carbocycles. The maximum absolute atomic E-state index is 13.0. The molecule has 0 fully saturated rings. The number of nitrogens with one attached hydrogen (secondary N) is 1. The van der Waals surface area contributed by atoms with Crippen LogP contribution in [0.5, 0.6) is 0 Å². The first-order valence-electron chi connectivity index (χ1n) is 11.0. The van der Waals surface area contributed by atoms with Gasteiger partial charge in [0.2, 0.25) is 0 Å². The second kappa shape index (κ2) is 8.39. The molecule has 0 aliphatic carbocycles. The van der Waals surface area contributed by atoms with Gasteiger partial charge >= 0.3 is 5.97 Å². The van der Waals surface area contributed by atoms with E-state index in [1.165, 1.54) is 23.9 Å². The Balaban J connectivity index is 2.07. The van der Waals surface area contributed by atoms with Gasteiger partial charge in [0, 0.05) is 29.7 Å². The third-order valence-corrected chi connectivity index (χ3v) is 6.11. The van der Waals surface area contributed by atoms with Crippen molar-refractivity contribution in [1.29, 1.82) is 0 Å². The predicted octanol–water partition coefficient (Wildman–Crippen LogP) is 5.55. The van der Waals surface area contributed by atoms with Crippen LogP contribution in [0.1, 0.15) is 42.3 Å². The number of nitrogens with zero attached hydrogens (tertiary/aromatic N) is 1. The fraction of sp³-hybridized carbons (Fsp3) is 0.423. The summed E-state index contributed by atoms with van der Waals surface area (Å²) in [4.78, 5) is 13.0. The normalized spacial score (nSPS) is 14.0. The Hall–Kier alpha value is -2.79. The van der Waals surface area contributed by atoms with Crippen LogP contribution in [0.4, 0.5) is 5.69 Å². The van der Waals surface area contributed by atoms with Crippen molar-refractivity contribution in [3.8, 4) is 11.1 Å². The number of carbonyl (C=O) groups is 1. The second-order valence-corrected chi connectivity index (χ2v) is 8.91. The summed E-state index contributed by atoms with van der Waals surface area (Å²) in [5, 5.41) is 4.73. The number of methoxy groups -OCH3 is 1. The zero-order valence-corrected chi connectivity index (χ0v) is 19.3. The van der Waals surface area contributed by atoms with Gasteiger partial charge in [-0.2, -0.15) is 0 Å².